The van der Waals surface area contributed by atoms with Crippen LogP contribution in [0.15, 0.2) is 39.2 Å². The van der Waals surface area contributed by atoms with Gasteiger partial charge in [-0.05, 0) is 43.7 Å². The second-order valence-electron chi connectivity index (χ2n) is 6.41. The Bertz CT molecular complexity index is 756. The Hall–Kier alpha value is -1.83. The maximum absolute atomic E-state index is 12.3. The number of ether oxygens (including phenoxy) is 1. The third kappa shape index (κ3) is 4.87. The lowest BCUT2D eigenvalue weighted by Crippen LogP contribution is -2.44. The van der Waals surface area contributed by atoms with Gasteiger partial charge >= 0.3 is 6.03 Å². The Labute approximate surface area is 162 Å². The third-order valence-electron chi connectivity index (χ3n) is 4.46. The largest absolute Gasteiger partial charge is 0.465 e. The average Bonchev–Trinajstić information content (AvgIpc) is 3.05. The topological polar surface area (TPSA) is 66.7 Å². The van der Waals surface area contributed by atoms with E-state index in [1.165, 1.54) is 0 Å². The number of amides is 2. The number of urea groups is 1. The number of hydrogen-bond acceptors (Lipinski definition) is 4. The molecule has 0 bridgehead atoms. The first-order chi connectivity index (χ1) is 12.5. The zero-order valence-corrected chi connectivity index (χ0v) is 16.6. The number of hydrogen-bond donors (Lipinski definition) is 2. The predicted octanol–water partition coefficient (Wildman–Crippen LogP) is 3.85. The molecule has 7 heteroatoms. The zero-order chi connectivity index (χ0) is 18.5. The van der Waals surface area contributed by atoms with Crippen molar-refractivity contribution in [2.24, 2.45) is 0 Å². The van der Waals surface area contributed by atoms with Crippen LogP contribution >= 0.6 is 15.9 Å². The van der Waals surface area contributed by atoms with E-state index >= 15 is 0 Å². The average molecular weight is 422 g/mol. The molecule has 0 aliphatic carbocycles. The summed E-state index contributed by atoms with van der Waals surface area (Å²) in [5.74, 6) is 1.73. The summed E-state index contributed by atoms with van der Waals surface area (Å²) < 4.78 is 12.2. The van der Waals surface area contributed by atoms with Crippen molar-refractivity contribution in [3.05, 3.63) is 51.9 Å². The van der Waals surface area contributed by atoms with Crippen molar-refractivity contribution in [2.45, 2.75) is 19.9 Å². The maximum atomic E-state index is 12.3. The minimum atomic E-state index is -0.234. The van der Waals surface area contributed by atoms with Crippen LogP contribution in [0.5, 0.6) is 0 Å². The molecule has 2 N–H and O–H groups in total. The quantitative estimate of drug-likeness (QED) is 0.768. The standard InChI is InChI=1S/C19H24BrN3O3/c1-13-3-5-15(11-16(13)20)22-19(24)21-12-17(18-6-4-14(2)26-18)23-7-9-25-10-8-23/h3-6,11,17H,7-10,12H2,1-2H3,(H2,21,22,24)/t17-/m1/s1. The van der Waals surface area contributed by atoms with Gasteiger partial charge in [-0.2, -0.15) is 0 Å². The first kappa shape index (κ1) is 18.9. The van der Waals surface area contributed by atoms with E-state index in [0.29, 0.717) is 19.8 Å². The van der Waals surface area contributed by atoms with Gasteiger partial charge in [0, 0.05) is 29.8 Å². The van der Waals surface area contributed by atoms with Gasteiger partial charge in [0.25, 0.3) is 0 Å². The van der Waals surface area contributed by atoms with Gasteiger partial charge in [-0.15, -0.1) is 0 Å². The van der Waals surface area contributed by atoms with Gasteiger partial charge in [0.15, 0.2) is 0 Å². The Kier molecular flexibility index (Phi) is 6.34. The third-order valence-corrected chi connectivity index (χ3v) is 5.32. The molecule has 0 spiro atoms. The molecule has 140 valence electrons. The molecule has 0 radical (unpaired) electrons. The number of carbonyl (C=O) groups excluding carboxylic acids is 1. The maximum Gasteiger partial charge on any atom is 0.319 e. The van der Waals surface area contributed by atoms with Crippen LogP contribution in [0.2, 0.25) is 0 Å². The minimum absolute atomic E-state index is 0.0110. The monoisotopic (exact) mass is 421 g/mol. The molecule has 1 aliphatic heterocycles. The molecule has 0 saturated carbocycles. The summed E-state index contributed by atoms with van der Waals surface area (Å²) in [6.07, 6.45) is 0. The summed E-state index contributed by atoms with van der Waals surface area (Å²) >= 11 is 3.48. The fourth-order valence-electron chi connectivity index (χ4n) is 2.97. The highest BCUT2D eigenvalue weighted by Crippen LogP contribution is 2.24. The fourth-order valence-corrected chi connectivity index (χ4v) is 3.35. The number of anilines is 1. The molecule has 2 aromatic rings. The van der Waals surface area contributed by atoms with Crippen LogP contribution in [0, 0.1) is 13.8 Å². The highest BCUT2D eigenvalue weighted by molar-refractivity contribution is 9.10. The lowest BCUT2D eigenvalue weighted by Gasteiger charge is -2.33. The summed E-state index contributed by atoms with van der Waals surface area (Å²) in [6, 6.07) is 9.42. The van der Waals surface area contributed by atoms with E-state index in [-0.39, 0.29) is 12.1 Å². The predicted molar refractivity (Wildman–Crippen MR) is 104 cm³/mol. The van der Waals surface area contributed by atoms with Crippen LogP contribution in [0.3, 0.4) is 0 Å². The highest BCUT2D eigenvalue weighted by atomic mass is 79.9. The van der Waals surface area contributed by atoms with Gasteiger partial charge < -0.3 is 19.8 Å². The second kappa shape index (κ2) is 8.70. The van der Waals surface area contributed by atoms with Gasteiger partial charge in [0.2, 0.25) is 0 Å². The Morgan fingerprint density at radius 1 is 1.23 bits per heavy atom. The lowest BCUT2D eigenvalue weighted by molar-refractivity contribution is 0.0122. The van der Waals surface area contributed by atoms with E-state index in [1.54, 1.807) is 0 Å². The first-order valence-corrected chi connectivity index (χ1v) is 9.51. The van der Waals surface area contributed by atoms with Crippen molar-refractivity contribution in [2.75, 3.05) is 38.2 Å². The van der Waals surface area contributed by atoms with E-state index in [0.717, 1.165) is 40.3 Å². The number of morpholine rings is 1. The normalized spacial score (nSPS) is 16.3. The van der Waals surface area contributed by atoms with E-state index in [1.807, 2.05) is 44.2 Å². The molecule has 1 fully saturated rings. The lowest BCUT2D eigenvalue weighted by atomic mass is 10.1. The minimum Gasteiger partial charge on any atom is -0.465 e. The van der Waals surface area contributed by atoms with Crippen LogP contribution in [0.4, 0.5) is 10.5 Å². The molecule has 3 rings (SSSR count). The van der Waals surface area contributed by atoms with Crippen molar-refractivity contribution in [3.8, 4) is 0 Å². The number of benzene rings is 1. The molecule has 2 amide bonds. The number of halogens is 1. The molecule has 1 aliphatic rings. The van der Waals surface area contributed by atoms with Crippen LogP contribution in [-0.4, -0.2) is 43.8 Å². The van der Waals surface area contributed by atoms with Crippen LogP contribution < -0.4 is 10.6 Å². The Balaban J connectivity index is 1.62. The van der Waals surface area contributed by atoms with Gasteiger partial charge in [-0.25, -0.2) is 4.79 Å². The van der Waals surface area contributed by atoms with Gasteiger partial charge in [-0.3, -0.25) is 4.90 Å². The van der Waals surface area contributed by atoms with E-state index in [9.17, 15) is 4.79 Å². The summed E-state index contributed by atoms with van der Waals surface area (Å²) in [6.45, 7) is 7.42. The molecule has 1 saturated heterocycles. The van der Waals surface area contributed by atoms with Crippen molar-refractivity contribution < 1.29 is 13.9 Å². The fraction of sp³-hybridized carbons (Fsp3) is 0.421. The van der Waals surface area contributed by atoms with Crippen LogP contribution in [-0.2, 0) is 4.74 Å². The molecule has 6 nitrogen and oxygen atoms in total. The number of nitrogens with one attached hydrogen (secondary N) is 2. The number of furan rings is 1. The second-order valence-corrected chi connectivity index (χ2v) is 7.27. The van der Waals surface area contributed by atoms with E-state index in [4.69, 9.17) is 9.15 Å². The van der Waals surface area contributed by atoms with E-state index in [2.05, 4.69) is 31.5 Å². The van der Waals surface area contributed by atoms with Crippen LogP contribution in [0.1, 0.15) is 23.1 Å². The van der Waals surface area contributed by atoms with Crippen molar-refractivity contribution in [1.29, 1.82) is 0 Å². The smallest absolute Gasteiger partial charge is 0.319 e. The molecule has 1 aromatic heterocycles. The molecule has 1 atom stereocenters. The molecule has 26 heavy (non-hydrogen) atoms. The molecule has 2 heterocycles. The van der Waals surface area contributed by atoms with Crippen molar-refractivity contribution in [1.82, 2.24) is 10.2 Å². The van der Waals surface area contributed by atoms with Gasteiger partial charge in [-0.1, -0.05) is 22.0 Å². The summed E-state index contributed by atoms with van der Waals surface area (Å²) in [4.78, 5) is 14.6. The summed E-state index contributed by atoms with van der Waals surface area (Å²) in [5, 5.41) is 5.83. The molecular weight excluding hydrogens is 398 g/mol. The Morgan fingerprint density at radius 3 is 2.65 bits per heavy atom. The van der Waals surface area contributed by atoms with Gasteiger partial charge in [0.1, 0.15) is 11.5 Å². The number of rotatable bonds is 5. The molecule has 1 aromatic carbocycles. The number of carbonyl (C=O) groups is 1. The van der Waals surface area contributed by atoms with Gasteiger partial charge in [0.05, 0.1) is 19.3 Å². The van der Waals surface area contributed by atoms with Crippen molar-refractivity contribution >= 4 is 27.6 Å². The molecule has 0 unspecified atom stereocenters. The first-order valence-electron chi connectivity index (χ1n) is 8.72. The summed E-state index contributed by atoms with van der Waals surface area (Å²) in [7, 11) is 0. The summed E-state index contributed by atoms with van der Waals surface area (Å²) in [5.41, 5.74) is 1.87. The number of aryl methyl sites for hydroxylation is 2. The zero-order valence-electron chi connectivity index (χ0n) is 15.0. The van der Waals surface area contributed by atoms with Crippen LogP contribution in [0.25, 0.3) is 0 Å². The Morgan fingerprint density at radius 2 is 2.00 bits per heavy atom. The highest BCUT2D eigenvalue weighted by Gasteiger charge is 2.25. The molecular formula is C19H24BrN3O3. The van der Waals surface area contributed by atoms with E-state index < -0.39 is 0 Å². The number of nitrogens with zero attached hydrogens (tertiary/aromatic N) is 1. The van der Waals surface area contributed by atoms with Crippen molar-refractivity contribution in [3.63, 3.8) is 0 Å². The SMILES string of the molecule is Cc1ccc([C@@H](CNC(=O)Nc2ccc(C)c(Br)c2)N2CCOCC2)o1.